The number of nitrogens with zero attached hydrogens (tertiary/aromatic N) is 1. The molecule has 1 N–H and O–H groups in total. The van der Waals surface area contributed by atoms with Crippen LogP contribution in [0.3, 0.4) is 0 Å². The Morgan fingerprint density at radius 3 is 1.97 bits per heavy atom. The summed E-state index contributed by atoms with van der Waals surface area (Å²) < 4.78 is 15.2. The number of hydrogen-bond acceptors (Lipinski definition) is 2. The van der Waals surface area contributed by atoms with Crippen molar-refractivity contribution >= 4 is 34.7 Å². The first-order valence-electron chi connectivity index (χ1n) is 11.7. The number of benzene rings is 3. The average Bonchev–Trinajstić information content (AvgIpc) is 3.11. The van der Waals surface area contributed by atoms with Gasteiger partial charge in [0.05, 0.1) is 0 Å². The summed E-state index contributed by atoms with van der Waals surface area (Å²) in [6.45, 7) is 9.06. The van der Waals surface area contributed by atoms with Crippen LogP contribution in [0, 0.1) is 5.82 Å². The van der Waals surface area contributed by atoms with Crippen LogP contribution in [0.1, 0.15) is 62.4 Å². The van der Waals surface area contributed by atoms with Gasteiger partial charge >= 0.3 is 195 Å². The van der Waals surface area contributed by atoms with Crippen LogP contribution >= 0.6 is 0 Å². The van der Waals surface area contributed by atoms with Crippen LogP contribution in [0.15, 0.2) is 60.7 Å². The Balaban J connectivity index is 1.99. The topological polar surface area (TPSA) is 15.3 Å². The number of hydrogen-bond donors (Lipinski definition) is 1. The van der Waals surface area contributed by atoms with Gasteiger partial charge < -0.3 is 0 Å². The second kappa shape index (κ2) is 8.59. The van der Waals surface area contributed by atoms with Gasteiger partial charge in [0.15, 0.2) is 0 Å². The molecule has 1 atom stereocenters. The van der Waals surface area contributed by atoms with Crippen LogP contribution in [-0.4, -0.2) is 13.3 Å². The fraction of sp³-hybridized carbons (Fsp3) is 0.357. The molecule has 0 aliphatic carbocycles. The Hall–Kier alpha value is -2.27. The molecular formula is C28H35FGeN2. The summed E-state index contributed by atoms with van der Waals surface area (Å²) in [6.07, 6.45) is -0.0780. The Labute approximate surface area is 195 Å². The molecule has 1 heterocycles. The normalized spacial score (nSPS) is 15.9. The van der Waals surface area contributed by atoms with Crippen molar-refractivity contribution in [3.05, 3.63) is 83.2 Å². The monoisotopic (exact) mass is 492 g/mol. The van der Waals surface area contributed by atoms with E-state index in [1.165, 1.54) is 26.9 Å². The van der Waals surface area contributed by atoms with Gasteiger partial charge in [0.1, 0.15) is 0 Å². The van der Waals surface area contributed by atoms with Crippen molar-refractivity contribution in [2.45, 2.75) is 63.0 Å². The zero-order valence-electron chi connectivity index (χ0n) is 20.3. The molecule has 3 aromatic carbocycles. The Kier molecular flexibility index (Phi) is 6.15. The van der Waals surface area contributed by atoms with Crippen molar-refractivity contribution in [2.24, 2.45) is 0 Å². The molecule has 0 aromatic heterocycles. The van der Waals surface area contributed by atoms with Gasteiger partial charge in [-0.05, 0) is 0 Å². The molecule has 0 amide bonds. The van der Waals surface area contributed by atoms with Crippen LogP contribution in [0.2, 0.25) is 17.3 Å². The standard InChI is InChI=1S/C28H35FGeN2/c1-18(2)23-9-8-10-24(19(3)4)27(23)32-26-17-22(30(5,6)7)15-16-25(26)31-28(32)20-11-13-21(29)14-12-20/h8-19,28,31H,1-7H3. The molecule has 4 rings (SSSR count). The van der Waals surface area contributed by atoms with Crippen molar-refractivity contribution in [2.75, 3.05) is 10.2 Å². The number of rotatable bonds is 5. The molecule has 1 unspecified atom stereocenters. The van der Waals surface area contributed by atoms with Gasteiger partial charge in [-0.25, -0.2) is 0 Å². The zero-order valence-corrected chi connectivity index (χ0v) is 22.4. The summed E-state index contributed by atoms with van der Waals surface area (Å²) in [5.41, 5.74) is 7.42. The van der Waals surface area contributed by atoms with E-state index in [0.29, 0.717) is 11.8 Å². The molecule has 2 nitrogen and oxygen atoms in total. The van der Waals surface area contributed by atoms with Crippen molar-refractivity contribution in [3.63, 3.8) is 0 Å². The maximum absolute atomic E-state index is 13.8. The molecule has 32 heavy (non-hydrogen) atoms. The van der Waals surface area contributed by atoms with Crippen LogP contribution < -0.4 is 14.6 Å². The number of fused-ring (bicyclic) bond motifs is 1. The first-order valence-corrected chi connectivity index (χ1v) is 19.0. The SMILES string of the molecule is CC(C)c1cccc(C(C)C)c1N1c2c[c]([Ge]([CH3])([CH3])[CH3])ccc2NC1c1ccc(F)cc1. The quantitative estimate of drug-likeness (QED) is 0.366. The van der Waals surface area contributed by atoms with Crippen LogP contribution in [0.5, 0.6) is 0 Å². The van der Waals surface area contributed by atoms with Gasteiger partial charge in [0.25, 0.3) is 0 Å². The second-order valence-electron chi connectivity index (χ2n) is 10.5. The van der Waals surface area contributed by atoms with Crippen molar-refractivity contribution in [3.8, 4) is 0 Å². The predicted octanol–water partition coefficient (Wildman–Crippen LogP) is 7.88. The summed E-state index contributed by atoms with van der Waals surface area (Å²) >= 11 is -2.03. The van der Waals surface area contributed by atoms with Gasteiger partial charge in [0.2, 0.25) is 0 Å². The Bertz CT molecular complexity index is 1090. The zero-order chi connectivity index (χ0) is 23.2. The molecule has 1 aliphatic heterocycles. The van der Waals surface area contributed by atoms with Gasteiger partial charge in [-0.3, -0.25) is 0 Å². The van der Waals surface area contributed by atoms with Gasteiger partial charge in [-0.1, -0.05) is 0 Å². The molecule has 0 spiro atoms. The molecular weight excluding hydrogens is 456 g/mol. The summed E-state index contributed by atoms with van der Waals surface area (Å²) in [7, 11) is 0. The molecule has 0 saturated carbocycles. The number of halogens is 1. The molecule has 0 bridgehead atoms. The third-order valence-electron chi connectivity index (χ3n) is 6.44. The molecule has 0 saturated heterocycles. The minimum absolute atomic E-state index is 0.0780. The number of para-hydroxylation sites is 1. The van der Waals surface area contributed by atoms with E-state index in [1.807, 2.05) is 12.1 Å². The number of anilines is 3. The maximum atomic E-state index is 13.8. The van der Waals surface area contributed by atoms with E-state index in [-0.39, 0.29) is 12.0 Å². The fourth-order valence-electron chi connectivity index (χ4n) is 4.59. The van der Waals surface area contributed by atoms with Crippen molar-refractivity contribution < 1.29 is 4.39 Å². The van der Waals surface area contributed by atoms with Gasteiger partial charge in [0, 0.05) is 0 Å². The molecule has 1 aliphatic rings. The number of nitrogens with one attached hydrogen (secondary N) is 1. The molecule has 3 aromatic rings. The summed E-state index contributed by atoms with van der Waals surface area (Å²) in [6, 6.07) is 20.6. The van der Waals surface area contributed by atoms with E-state index in [9.17, 15) is 4.39 Å². The van der Waals surface area contributed by atoms with E-state index >= 15 is 0 Å². The molecule has 168 valence electrons. The van der Waals surface area contributed by atoms with E-state index in [4.69, 9.17) is 0 Å². The Morgan fingerprint density at radius 1 is 0.844 bits per heavy atom. The summed E-state index contributed by atoms with van der Waals surface area (Å²) in [5.74, 6) is 7.90. The summed E-state index contributed by atoms with van der Waals surface area (Å²) in [4.78, 5) is 2.48. The van der Waals surface area contributed by atoms with Crippen molar-refractivity contribution in [1.82, 2.24) is 0 Å². The summed E-state index contributed by atoms with van der Waals surface area (Å²) in [5, 5.41) is 3.75. The molecule has 0 radical (unpaired) electrons. The third kappa shape index (κ3) is 4.20. The van der Waals surface area contributed by atoms with E-state index in [2.05, 4.69) is 91.6 Å². The first-order chi connectivity index (χ1) is 15.1. The van der Waals surface area contributed by atoms with E-state index in [0.717, 1.165) is 11.3 Å². The van der Waals surface area contributed by atoms with Gasteiger partial charge in [-0.2, -0.15) is 0 Å². The first kappa shape index (κ1) is 22.9. The third-order valence-corrected chi connectivity index (χ3v) is 10.7. The predicted molar refractivity (Wildman–Crippen MR) is 139 cm³/mol. The van der Waals surface area contributed by atoms with E-state index in [1.54, 1.807) is 12.1 Å². The minimum atomic E-state index is -2.03. The van der Waals surface area contributed by atoms with Crippen molar-refractivity contribution in [1.29, 1.82) is 0 Å². The fourth-order valence-corrected chi connectivity index (χ4v) is 7.01. The molecule has 0 fully saturated rings. The van der Waals surface area contributed by atoms with Gasteiger partial charge in [-0.15, -0.1) is 0 Å². The Morgan fingerprint density at radius 2 is 1.44 bits per heavy atom. The second-order valence-corrected chi connectivity index (χ2v) is 21.2. The van der Waals surface area contributed by atoms with Crippen LogP contribution in [0.4, 0.5) is 21.5 Å². The molecule has 4 heteroatoms. The van der Waals surface area contributed by atoms with Crippen LogP contribution in [-0.2, 0) is 0 Å². The van der Waals surface area contributed by atoms with E-state index < -0.39 is 13.3 Å². The van der Waals surface area contributed by atoms with Crippen LogP contribution in [0.25, 0.3) is 0 Å². The average molecular weight is 491 g/mol.